The fourth-order valence-corrected chi connectivity index (χ4v) is 3.28. The molecular formula is C19H21NO5. The summed E-state index contributed by atoms with van der Waals surface area (Å²) in [6.07, 6.45) is 5.46. The second-order valence-corrected chi connectivity index (χ2v) is 6.02. The van der Waals surface area contributed by atoms with E-state index in [4.69, 9.17) is 14.2 Å². The molecule has 2 aliphatic rings. The van der Waals surface area contributed by atoms with Crippen molar-refractivity contribution >= 4 is 11.7 Å². The number of rotatable bonds is 6. The highest BCUT2D eigenvalue weighted by Gasteiger charge is 2.48. The fraction of sp³-hybridized carbons (Fsp3) is 0.368. The number of nitrogens with zero attached hydrogens (tertiary/aromatic N) is 1. The fourth-order valence-electron chi connectivity index (χ4n) is 3.28. The van der Waals surface area contributed by atoms with Crippen molar-refractivity contribution < 1.29 is 23.8 Å². The third-order valence-electron chi connectivity index (χ3n) is 4.67. The van der Waals surface area contributed by atoms with Crippen molar-refractivity contribution in [3.8, 4) is 11.5 Å². The van der Waals surface area contributed by atoms with E-state index in [1.165, 1.54) is 12.2 Å². The topological polar surface area (TPSA) is 65.1 Å². The lowest BCUT2D eigenvalue weighted by molar-refractivity contribution is -0.127. The van der Waals surface area contributed by atoms with Crippen molar-refractivity contribution in [3.05, 3.63) is 47.7 Å². The van der Waals surface area contributed by atoms with Gasteiger partial charge in [-0.2, -0.15) is 0 Å². The second kappa shape index (κ2) is 6.72. The van der Waals surface area contributed by atoms with Crippen LogP contribution in [-0.4, -0.2) is 50.1 Å². The van der Waals surface area contributed by atoms with Gasteiger partial charge >= 0.3 is 0 Å². The van der Waals surface area contributed by atoms with E-state index in [9.17, 15) is 9.59 Å². The minimum Gasteiger partial charge on any atom is -0.493 e. The van der Waals surface area contributed by atoms with Crippen LogP contribution in [0.25, 0.3) is 0 Å². The van der Waals surface area contributed by atoms with Crippen LogP contribution in [0.2, 0.25) is 0 Å². The van der Waals surface area contributed by atoms with Gasteiger partial charge in [0.2, 0.25) is 5.91 Å². The van der Waals surface area contributed by atoms with Crippen LogP contribution in [0.1, 0.15) is 12.0 Å². The average Bonchev–Trinajstić information content (AvgIpc) is 2.91. The number of hydrogen-bond acceptors (Lipinski definition) is 5. The van der Waals surface area contributed by atoms with Crippen LogP contribution >= 0.6 is 0 Å². The molecule has 1 aromatic rings. The maximum Gasteiger partial charge on any atom is 0.230 e. The summed E-state index contributed by atoms with van der Waals surface area (Å²) in [6.45, 7) is 0.465. The number of carbonyl (C=O) groups excluding carboxylic acids is 2. The zero-order valence-corrected chi connectivity index (χ0v) is 14.6. The van der Waals surface area contributed by atoms with E-state index < -0.39 is 5.60 Å². The number of amides is 1. The SMILES string of the molecule is COc1ccc(CCN2C(=O)C[C@]3(OC)C=CC(=O)C=C23)cc1OC. The van der Waals surface area contributed by atoms with Gasteiger partial charge in [-0.1, -0.05) is 6.07 Å². The first kappa shape index (κ1) is 17.2. The van der Waals surface area contributed by atoms with E-state index in [2.05, 4.69) is 0 Å². The molecule has 0 N–H and O–H groups in total. The molecule has 25 heavy (non-hydrogen) atoms. The summed E-state index contributed by atoms with van der Waals surface area (Å²) < 4.78 is 16.1. The third-order valence-corrected chi connectivity index (χ3v) is 4.67. The number of carbonyl (C=O) groups is 2. The summed E-state index contributed by atoms with van der Waals surface area (Å²) >= 11 is 0. The molecule has 0 unspecified atom stereocenters. The number of ketones is 1. The van der Waals surface area contributed by atoms with Gasteiger partial charge in [0.15, 0.2) is 17.3 Å². The molecule has 132 valence electrons. The van der Waals surface area contributed by atoms with Gasteiger partial charge in [0.25, 0.3) is 0 Å². The lowest BCUT2D eigenvalue weighted by Crippen LogP contribution is -2.34. The quantitative estimate of drug-likeness (QED) is 0.789. The van der Waals surface area contributed by atoms with E-state index in [-0.39, 0.29) is 18.1 Å². The average molecular weight is 343 g/mol. The Morgan fingerprint density at radius 3 is 2.56 bits per heavy atom. The molecular weight excluding hydrogens is 322 g/mol. The van der Waals surface area contributed by atoms with Crippen LogP contribution in [-0.2, 0) is 20.7 Å². The van der Waals surface area contributed by atoms with Crippen LogP contribution in [0.4, 0.5) is 0 Å². The Labute approximate surface area is 146 Å². The van der Waals surface area contributed by atoms with Gasteiger partial charge < -0.3 is 19.1 Å². The number of methoxy groups -OCH3 is 3. The molecule has 1 atom stereocenters. The highest BCUT2D eigenvalue weighted by molar-refractivity contribution is 6.03. The molecule has 1 fully saturated rings. The normalized spacial score (nSPS) is 22.0. The van der Waals surface area contributed by atoms with Crippen molar-refractivity contribution in [2.75, 3.05) is 27.9 Å². The molecule has 0 bridgehead atoms. The largest absolute Gasteiger partial charge is 0.493 e. The van der Waals surface area contributed by atoms with Gasteiger partial charge in [-0.3, -0.25) is 9.59 Å². The van der Waals surface area contributed by atoms with Gasteiger partial charge in [-0.15, -0.1) is 0 Å². The summed E-state index contributed by atoms with van der Waals surface area (Å²) in [5.74, 6) is 1.13. The number of likely N-dealkylation sites (tertiary alicyclic amines) is 1. The Balaban J connectivity index is 1.79. The molecule has 6 heteroatoms. The van der Waals surface area contributed by atoms with Crippen molar-refractivity contribution in [3.63, 3.8) is 0 Å². The number of fused-ring (bicyclic) bond motifs is 1. The zero-order chi connectivity index (χ0) is 18.0. The van der Waals surface area contributed by atoms with Gasteiger partial charge in [-0.05, 0) is 36.3 Å². The molecule has 6 nitrogen and oxygen atoms in total. The van der Waals surface area contributed by atoms with Gasteiger partial charge in [0.1, 0.15) is 5.60 Å². The molecule has 0 saturated carbocycles. The summed E-state index contributed by atoms with van der Waals surface area (Å²) in [5.41, 5.74) is 0.814. The first-order valence-corrected chi connectivity index (χ1v) is 8.05. The van der Waals surface area contributed by atoms with Crippen LogP contribution < -0.4 is 9.47 Å². The maximum atomic E-state index is 12.5. The Morgan fingerprint density at radius 2 is 1.88 bits per heavy atom. The van der Waals surface area contributed by atoms with Crippen LogP contribution in [0.5, 0.6) is 11.5 Å². The summed E-state index contributed by atoms with van der Waals surface area (Å²) in [4.78, 5) is 25.9. The predicted octanol–water partition coefficient (Wildman–Crippen LogP) is 1.89. The molecule has 1 aliphatic heterocycles. The van der Waals surface area contributed by atoms with E-state index in [1.54, 1.807) is 32.3 Å². The Kier molecular flexibility index (Phi) is 4.63. The van der Waals surface area contributed by atoms with Gasteiger partial charge in [-0.25, -0.2) is 0 Å². The third kappa shape index (κ3) is 3.05. The number of ether oxygens (including phenoxy) is 3. The highest BCUT2D eigenvalue weighted by atomic mass is 16.5. The molecule has 3 rings (SSSR count). The van der Waals surface area contributed by atoms with E-state index in [1.807, 2.05) is 18.2 Å². The number of allylic oxidation sites excluding steroid dienone is 2. The van der Waals surface area contributed by atoms with E-state index in [0.29, 0.717) is 30.2 Å². The minimum atomic E-state index is -0.817. The maximum absolute atomic E-state index is 12.5. The van der Waals surface area contributed by atoms with Crippen molar-refractivity contribution in [2.24, 2.45) is 0 Å². The molecule has 0 radical (unpaired) electrons. The van der Waals surface area contributed by atoms with Crippen LogP contribution in [0, 0.1) is 0 Å². The zero-order valence-electron chi connectivity index (χ0n) is 14.6. The van der Waals surface area contributed by atoms with Gasteiger partial charge in [0.05, 0.1) is 26.3 Å². The lowest BCUT2D eigenvalue weighted by atomic mass is 9.93. The minimum absolute atomic E-state index is 0.0482. The highest BCUT2D eigenvalue weighted by Crippen LogP contribution is 2.39. The Hall–Kier alpha value is -2.60. The lowest BCUT2D eigenvalue weighted by Gasteiger charge is -2.29. The van der Waals surface area contributed by atoms with Crippen molar-refractivity contribution in [1.29, 1.82) is 0 Å². The molecule has 1 aromatic carbocycles. The first-order chi connectivity index (χ1) is 12.0. The molecule has 1 saturated heterocycles. The van der Waals surface area contributed by atoms with Crippen molar-refractivity contribution in [2.45, 2.75) is 18.4 Å². The predicted molar refractivity (Wildman–Crippen MR) is 91.6 cm³/mol. The second-order valence-electron chi connectivity index (χ2n) is 6.02. The summed E-state index contributed by atoms with van der Waals surface area (Å²) in [7, 11) is 4.73. The standard InChI is InChI=1S/C19H21NO5/c1-23-15-5-4-13(10-16(15)24-2)7-9-20-17-11-14(21)6-8-19(17,25-3)12-18(20)22/h4-6,8,10-11H,7,9,12H2,1-3H3/t19-/m1/s1. The summed E-state index contributed by atoms with van der Waals surface area (Å²) in [6, 6.07) is 5.67. The molecule has 1 heterocycles. The molecule has 0 spiro atoms. The van der Waals surface area contributed by atoms with Crippen molar-refractivity contribution in [1.82, 2.24) is 4.90 Å². The molecule has 1 aliphatic carbocycles. The number of hydrogen-bond donors (Lipinski definition) is 0. The first-order valence-electron chi connectivity index (χ1n) is 8.05. The Morgan fingerprint density at radius 1 is 1.12 bits per heavy atom. The Bertz CT molecular complexity index is 767. The van der Waals surface area contributed by atoms with Crippen LogP contribution in [0.15, 0.2) is 42.1 Å². The number of benzene rings is 1. The van der Waals surface area contributed by atoms with E-state index >= 15 is 0 Å². The van der Waals surface area contributed by atoms with Gasteiger partial charge in [0, 0.05) is 19.7 Å². The smallest absolute Gasteiger partial charge is 0.230 e. The molecule has 1 amide bonds. The molecule has 0 aromatic heterocycles. The van der Waals surface area contributed by atoms with E-state index in [0.717, 1.165) is 5.56 Å². The van der Waals surface area contributed by atoms with Crippen LogP contribution in [0.3, 0.4) is 0 Å². The summed E-state index contributed by atoms with van der Waals surface area (Å²) in [5, 5.41) is 0. The monoisotopic (exact) mass is 343 g/mol.